The summed E-state index contributed by atoms with van der Waals surface area (Å²) in [6.45, 7) is 3.83. The highest BCUT2D eigenvalue weighted by atomic mass is 16.6. The number of hydrogen-bond acceptors (Lipinski definition) is 9. The maximum Gasteiger partial charge on any atom is 0.335 e. The first-order valence-electron chi connectivity index (χ1n) is 10.3. The summed E-state index contributed by atoms with van der Waals surface area (Å²) in [5, 5.41) is 0.649. The van der Waals surface area contributed by atoms with E-state index in [4.69, 9.17) is 18.9 Å². The number of carbonyl (C=O) groups is 5. The molecule has 0 amide bonds. The fourth-order valence-corrected chi connectivity index (χ4v) is 4.07. The fourth-order valence-electron chi connectivity index (χ4n) is 4.07. The number of esters is 3. The molecule has 33 heavy (non-hydrogen) atoms. The predicted octanol–water partition coefficient (Wildman–Crippen LogP) is 2.72. The van der Waals surface area contributed by atoms with Gasteiger partial charge in [0.05, 0.1) is 24.3 Å². The van der Waals surface area contributed by atoms with Crippen molar-refractivity contribution < 1.29 is 42.9 Å². The van der Waals surface area contributed by atoms with E-state index in [0.29, 0.717) is 10.8 Å². The van der Waals surface area contributed by atoms with Crippen LogP contribution in [0.4, 0.5) is 0 Å². The standard InChI is InChI=1S/C24H20O9/c1-4-30-24(29)17-9-15-16(10-31-17)21(28)19-18(20(15)27)22(32-11(2)25)13-7-5-6-8-14(13)23(19)33-12(3)26/h5-8,17H,4,9-10H2,1-3H3. The zero-order valence-corrected chi connectivity index (χ0v) is 18.2. The van der Waals surface area contributed by atoms with Gasteiger partial charge in [-0.05, 0) is 6.92 Å². The average molecular weight is 452 g/mol. The Morgan fingerprint density at radius 2 is 1.42 bits per heavy atom. The Balaban J connectivity index is 1.98. The van der Waals surface area contributed by atoms with Crippen LogP contribution in [0.25, 0.3) is 10.8 Å². The Morgan fingerprint density at radius 3 is 1.91 bits per heavy atom. The van der Waals surface area contributed by atoms with Gasteiger partial charge >= 0.3 is 17.9 Å². The van der Waals surface area contributed by atoms with Gasteiger partial charge in [-0.2, -0.15) is 0 Å². The van der Waals surface area contributed by atoms with Crippen LogP contribution in [-0.4, -0.2) is 48.8 Å². The molecule has 1 aliphatic carbocycles. The third-order valence-electron chi connectivity index (χ3n) is 5.35. The summed E-state index contributed by atoms with van der Waals surface area (Å²) < 4.78 is 21.3. The summed E-state index contributed by atoms with van der Waals surface area (Å²) in [5.41, 5.74) is -0.227. The molecule has 2 aromatic rings. The number of rotatable bonds is 4. The summed E-state index contributed by atoms with van der Waals surface area (Å²) in [6, 6.07) is 6.50. The van der Waals surface area contributed by atoms with Crippen molar-refractivity contribution in [3.8, 4) is 11.5 Å². The third-order valence-corrected chi connectivity index (χ3v) is 5.35. The monoisotopic (exact) mass is 452 g/mol. The Kier molecular flexibility index (Phi) is 5.82. The first kappa shape index (κ1) is 22.3. The van der Waals surface area contributed by atoms with Crippen molar-refractivity contribution >= 4 is 40.2 Å². The number of hydrogen-bond donors (Lipinski definition) is 0. The molecule has 4 rings (SSSR count). The zero-order valence-electron chi connectivity index (χ0n) is 18.2. The first-order chi connectivity index (χ1) is 15.7. The van der Waals surface area contributed by atoms with E-state index in [0.717, 1.165) is 0 Å². The van der Waals surface area contributed by atoms with Crippen LogP contribution in [0.15, 0.2) is 35.4 Å². The molecule has 1 atom stereocenters. The fraction of sp³-hybridized carbons (Fsp3) is 0.292. The minimum absolute atomic E-state index is 0.0607. The van der Waals surface area contributed by atoms with Crippen LogP contribution in [0.5, 0.6) is 11.5 Å². The van der Waals surface area contributed by atoms with Crippen LogP contribution < -0.4 is 9.47 Å². The van der Waals surface area contributed by atoms with E-state index in [2.05, 4.69) is 0 Å². The topological polar surface area (TPSA) is 122 Å². The molecule has 9 heteroatoms. The van der Waals surface area contributed by atoms with E-state index in [9.17, 15) is 24.0 Å². The molecule has 0 fully saturated rings. The molecular formula is C24H20O9. The van der Waals surface area contributed by atoms with Crippen molar-refractivity contribution in [1.29, 1.82) is 0 Å². The molecule has 1 unspecified atom stereocenters. The molecule has 1 aliphatic heterocycles. The second-order valence-corrected chi connectivity index (χ2v) is 7.51. The summed E-state index contributed by atoms with van der Waals surface area (Å²) in [7, 11) is 0. The second kappa shape index (κ2) is 8.59. The Bertz CT molecular complexity index is 1270. The van der Waals surface area contributed by atoms with Gasteiger partial charge in [-0.1, -0.05) is 24.3 Å². The van der Waals surface area contributed by atoms with Crippen LogP contribution in [0.2, 0.25) is 0 Å². The highest BCUT2D eigenvalue weighted by Crippen LogP contribution is 2.46. The van der Waals surface area contributed by atoms with Crippen molar-refractivity contribution in [2.75, 3.05) is 13.2 Å². The molecule has 0 saturated heterocycles. The number of Topliss-reactive ketones (excluding diaryl/α,β-unsaturated/α-hetero) is 2. The van der Waals surface area contributed by atoms with Crippen LogP contribution in [0, 0.1) is 0 Å². The zero-order chi connectivity index (χ0) is 23.9. The molecule has 1 heterocycles. The van der Waals surface area contributed by atoms with Gasteiger partial charge in [0, 0.05) is 42.2 Å². The summed E-state index contributed by atoms with van der Waals surface area (Å²) in [4.78, 5) is 63.1. The van der Waals surface area contributed by atoms with Crippen LogP contribution in [0.1, 0.15) is 47.9 Å². The quantitative estimate of drug-likeness (QED) is 0.509. The maximum absolute atomic E-state index is 13.7. The Morgan fingerprint density at radius 1 is 0.909 bits per heavy atom. The number of benzene rings is 2. The Labute approximate surface area is 188 Å². The van der Waals surface area contributed by atoms with E-state index in [1.54, 1.807) is 31.2 Å². The van der Waals surface area contributed by atoms with E-state index in [1.165, 1.54) is 13.8 Å². The van der Waals surface area contributed by atoms with Crippen molar-refractivity contribution in [2.24, 2.45) is 0 Å². The lowest BCUT2D eigenvalue weighted by Crippen LogP contribution is -2.37. The SMILES string of the molecule is CCOC(=O)C1CC2=C(CO1)C(=O)c1c(c(OC(C)=O)c3ccccc3c1OC(C)=O)C2=O. The van der Waals surface area contributed by atoms with Gasteiger partial charge < -0.3 is 18.9 Å². The van der Waals surface area contributed by atoms with E-state index in [1.807, 2.05) is 0 Å². The smallest absolute Gasteiger partial charge is 0.335 e. The van der Waals surface area contributed by atoms with Gasteiger partial charge in [-0.25, -0.2) is 4.79 Å². The lowest BCUT2D eigenvalue weighted by atomic mass is 9.78. The molecule has 0 bridgehead atoms. The van der Waals surface area contributed by atoms with Crippen molar-refractivity contribution in [2.45, 2.75) is 33.3 Å². The predicted molar refractivity (Wildman–Crippen MR) is 113 cm³/mol. The van der Waals surface area contributed by atoms with Crippen LogP contribution in [-0.2, 0) is 23.9 Å². The van der Waals surface area contributed by atoms with E-state index < -0.39 is 35.6 Å². The summed E-state index contributed by atoms with van der Waals surface area (Å²) in [6.07, 6.45) is -1.22. The van der Waals surface area contributed by atoms with Gasteiger partial charge in [-0.3, -0.25) is 19.2 Å². The molecule has 9 nitrogen and oxygen atoms in total. The van der Waals surface area contributed by atoms with Crippen LogP contribution >= 0.6 is 0 Å². The van der Waals surface area contributed by atoms with Gasteiger partial charge in [0.1, 0.15) is 0 Å². The third kappa shape index (κ3) is 3.80. The summed E-state index contributed by atoms with van der Waals surface area (Å²) >= 11 is 0. The highest BCUT2D eigenvalue weighted by Gasteiger charge is 2.43. The van der Waals surface area contributed by atoms with Crippen molar-refractivity contribution in [1.82, 2.24) is 0 Å². The minimum atomic E-state index is -1.05. The number of fused-ring (bicyclic) bond motifs is 2. The lowest BCUT2D eigenvalue weighted by molar-refractivity contribution is -0.156. The maximum atomic E-state index is 13.7. The number of ketones is 2. The summed E-state index contributed by atoms with van der Waals surface area (Å²) in [5.74, 6) is -3.43. The first-order valence-corrected chi connectivity index (χ1v) is 10.3. The molecular weight excluding hydrogens is 432 g/mol. The lowest BCUT2D eigenvalue weighted by Gasteiger charge is -2.30. The average Bonchev–Trinajstić information content (AvgIpc) is 2.78. The second-order valence-electron chi connectivity index (χ2n) is 7.51. The molecule has 2 aliphatic rings. The molecule has 0 radical (unpaired) electrons. The Hall–Kier alpha value is -3.85. The molecule has 170 valence electrons. The van der Waals surface area contributed by atoms with E-state index >= 15 is 0 Å². The van der Waals surface area contributed by atoms with Gasteiger partial charge in [-0.15, -0.1) is 0 Å². The van der Waals surface area contributed by atoms with Crippen LogP contribution in [0.3, 0.4) is 0 Å². The molecule has 0 N–H and O–H groups in total. The van der Waals surface area contributed by atoms with Crippen molar-refractivity contribution in [3.05, 3.63) is 46.5 Å². The van der Waals surface area contributed by atoms with Gasteiger partial charge in [0.2, 0.25) is 0 Å². The minimum Gasteiger partial charge on any atom is -0.464 e. The van der Waals surface area contributed by atoms with E-state index in [-0.39, 0.29) is 53.4 Å². The van der Waals surface area contributed by atoms with Gasteiger partial charge in [0.25, 0.3) is 0 Å². The molecule has 0 spiro atoms. The number of carbonyl (C=O) groups excluding carboxylic acids is 5. The van der Waals surface area contributed by atoms with Crippen molar-refractivity contribution in [3.63, 3.8) is 0 Å². The molecule has 2 aromatic carbocycles. The highest BCUT2D eigenvalue weighted by molar-refractivity contribution is 6.32. The largest absolute Gasteiger partial charge is 0.464 e. The normalized spacial score (nSPS) is 17.4. The molecule has 0 aromatic heterocycles. The molecule has 0 saturated carbocycles. The number of ether oxygens (including phenoxy) is 4. The van der Waals surface area contributed by atoms with Gasteiger partial charge in [0.15, 0.2) is 29.2 Å².